The first-order chi connectivity index (χ1) is 5.97. The highest BCUT2D eigenvalue weighted by Gasteiger charge is 2.37. The molecule has 0 saturated heterocycles. The Balaban J connectivity index is 2.70. The van der Waals surface area contributed by atoms with Crippen molar-refractivity contribution in [2.45, 2.75) is 26.0 Å². The molecule has 1 atom stereocenters. The van der Waals surface area contributed by atoms with Crippen LogP contribution in [0.25, 0.3) is 0 Å². The van der Waals surface area contributed by atoms with Crippen LogP contribution < -0.4 is 0 Å². The second-order valence-corrected chi connectivity index (χ2v) is 3.23. The average molecular weight is 186 g/mol. The molecule has 74 valence electrons. The van der Waals surface area contributed by atoms with Crippen LogP contribution in [0.15, 0.2) is 4.99 Å². The molecule has 1 heterocycles. The van der Waals surface area contributed by atoms with Gasteiger partial charge in [0.2, 0.25) is 0 Å². The molecule has 0 radical (unpaired) electrons. The lowest BCUT2D eigenvalue weighted by Crippen LogP contribution is -2.37. The van der Waals surface area contributed by atoms with Crippen LogP contribution in [-0.2, 0) is 4.79 Å². The van der Waals surface area contributed by atoms with Crippen LogP contribution in [0.1, 0.15) is 20.3 Å². The summed E-state index contributed by atoms with van der Waals surface area (Å²) in [5.74, 6) is -0.330. The van der Waals surface area contributed by atoms with Crippen LogP contribution in [0.3, 0.4) is 0 Å². The quantitative estimate of drug-likeness (QED) is 0.645. The molecule has 5 heteroatoms. The highest BCUT2D eigenvalue weighted by Crippen LogP contribution is 2.21. The van der Waals surface area contributed by atoms with Gasteiger partial charge in [0.1, 0.15) is 0 Å². The van der Waals surface area contributed by atoms with Crippen molar-refractivity contribution < 1.29 is 15.0 Å². The standard InChI is InChI=1S/C8H14N2O3/c1-3-10-5-8(13,4-7(11)12)9-6(10)2/h13H,3-5H2,1-2H3,(H,11,12). The normalized spacial score (nSPS) is 27.6. The third-order valence-electron chi connectivity index (χ3n) is 2.09. The molecule has 1 aliphatic rings. The molecule has 0 aromatic carbocycles. The van der Waals surface area contributed by atoms with Gasteiger partial charge in [0.05, 0.1) is 18.8 Å². The molecule has 5 nitrogen and oxygen atoms in total. The molecule has 0 bridgehead atoms. The number of aliphatic hydroxyl groups is 1. The number of carbonyl (C=O) groups is 1. The number of likely N-dealkylation sites (N-methyl/N-ethyl adjacent to an activating group) is 1. The van der Waals surface area contributed by atoms with Crippen molar-refractivity contribution in [3.05, 3.63) is 0 Å². The molecule has 0 fully saturated rings. The number of β-amino-alcohol motifs (C(OH)–C–C–N with tert-alkyl or cyclic N) is 1. The Morgan fingerprint density at radius 2 is 2.38 bits per heavy atom. The van der Waals surface area contributed by atoms with E-state index < -0.39 is 11.7 Å². The molecule has 2 N–H and O–H groups in total. The summed E-state index contributed by atoms with van der Waals surface area (Å²) >= 11 is 0. The van der Waals surface area contributed by atoms with Gasteiger partial charge in [-0.25, -0.2) is 4.99 Å². The third-order valence-corrected chi connectivity index (χ3v) is 2.09. The van der Waals surface area contributed by atoms with E-state index in [2.05, 4.69) is 4.99 Å². The van der Waals surface area contributed by atoms with Gasteiger partial charge in [-0.05, 0) is 13.8 Å². The molecule has 0 aromatic rings. The highest BCUT2D eigenvalue weighted by molar-refractivity contribution is 5.82. The van der Waals surface area contributed by atoms with Crippen LogP contribution in [0.5, 0.6) is 0 Å². The topological polar surface area (TPSA) is 73.1 Å². The van der Waals surface area contributed by atoms with Crippen molar-refractivity contribution in [1.82, 2.24) is 4.90 Å². The maximum atomic E-state index is 10.4. The fourth-order valence-electron chi connectivity index (χ4n) is 1.51. The Labute approximate surface area is 76.7 Å². The first-order valence-corrected chi connectivity index (χ1v) is 4.22. The Hall–Kier alpha value is -1.10. The molecule has 1 aliphatic heterocycles. The zero-order chi connectivity index (χ0) is 10.1. The van der Waals surface area contributed by atoms with Gasteiger partial charge in [-0.2, -0.15) is 0 Å². The van der Waals surface area contributed by atoms with Crippen LogP contribution in [-0.4, -0.2) is 45.7 Å². The van der Waals surface area contributed by atoms with E-state index in [9.17, 15) is 9.90 Å². The fourth-order valence-corrected chi connectivity index (χ4v) is 1.51. The maximum absolute atomic E-state index is 10.4. The van der Waals surface area contributed by atoms with E-state index in [1.54, 1.807) is 6.92 Å². The first-order valence-electron chi connectivity index (χ1n) is 4.22. The lowest BCUT2D eigenvalue weighted by molar-refractivity contribution is -0.142. The molecular formula is C8H14N2O3. The second kappa shape index (κ2) is 3.33. The van der Waals surface area contributed by atoms with Gasteiger partial charge in [-0.3, -0.25) is 4.79 Å². The van der Waals surface area contributed by atoms with Gasteiger partial charge >= 0.3 is 5.97 Å². The first kappa shape index (κ1) is 9.98. The number of aliphatic carboxylic acids is 1. The fraction of sp³-hybridized carbons (Fsp3) is 0.750. The van der Waals surface area contributed by atoms with E-state index in [4.69, 9.17) is 5.11 Å². The lowest BCUT2D eigenvalue weighted by Gasteiger charge is -2.20. The minimum absolute atomic E-state index is 0.279. The lowest BCUT2D eigenvalue weighted by atomic mass is 10.1. The monoisotopic (exact) mass is 186 g/mol. The van der Waals surface area contributed by atoms with E-state index in [0.29, 0.717) is 5.84 Å². The predicted octanol–water partition coefficient (Wildman–Crippen LogP) is -0.0964. The van der Waals surface area contributed by atoms with Gasteiger partial charge in [0, 0.05) is 6.54 Å². The summed E-state index contributed by atoms with van der Waals surface area (Å²) in [6, 6.07) is 0. The summed E-state index contributed by atoms with van der Waals surface area (Å²) in [6.45, 7) is 4.72. The predicted molar refractivity (Wildman–Crippen MR) is 47.6 cm³/mol. The molecule has 0 spiro atoms. The van der Waals surface area contributed by atoms with Crippen LogP contribution in [0, 0.1) is 0 Å². The summed E-state index contributed by atoms with van der Waals surface area (Å²) in [5, 5.41) is 18.3. The van der Waals surface area contributed by atoms with E-state index in [1.807, 2.05) is 11.8 Å². The van der Waals surface area contributed by atoms with E-state index >= 15 is 0 Å². The molecule has 0 saturated carbocycles. The highest BCUT2D eigenvalue weighted by atomic mass is 16.4. The van der Waals surface area contributed by atoms with Gasteiger partial charge in [-0.1, -0.05) is 0 Å². The largest absolute Gasteiger partial charge is 0.481 e. The molecule has 0 aliphatic carbocycles. The average Bonchev–Trinajstić information content (AvgIpc) is 2.24. The van der Waals surface area contributed by atoms with Gasteiger partial charge in [-0.15, -0.1) is 0 Å². The SMILES string of the molecule is CCN1CC(O)(CC(=O)O)N=C1C. The minimum atomic E-state index is -1.42. The van der Waals surface area contributed by atoms with Gasteiger partial charge in [0.25, 0.3) is 0 Å². The van der Waals surface area contributed by atoms with Crippen LogP contribution in [0.2, 0.25) is 0 Å². The van der Waals surface area contributed by atoms with Gasteiger partial charge in [0.15, 0.2) is 5.72 Å². The number of nitrogens with zero attached hydrogens (tertiary/aromatic N) is 2. The van der Waals surface area contributed by atoms with Crippen molar-refractivity contribution >= 4 is 11.8 Å². The number of hydrogen-bond acceptors (Lipinski definition) is 4. The van der Waals surface area contributed by atoms with Crippen molar-refractivity contribution in [2.24, 2.45) is 4.99 Å². The number of carboxylic acids is 1. The number of carboxylic acid groups (broad SMARTS) is 1. The summed E-state index contributed by atoms with van der Waals surface area (Å²) in [5.41, 5.74) is -1.42. The van der Waals surface area contributed by atoms with Gasteiger partial charge < -0.3 is 15.1 Å². The second-order valence-electron chi connectivity index (χ2n) is 3.23. The van der Waals surface area contributed by atoms with Crippen molar-refractivity contribution in [3.63, 3.8) is 0 Å². The Morgan fingerprint density at radius 1 is 1.77 bits per heavy atom. The summed E-state index contributed by atoms with van der Waals surface area (Å²) in [4.78, 5) is 16.2. The summed E-state index contributed by atoms with van der Waals surface area (Å²) in [6.07, 6.45) is -0.333. The molecule has 1 rings (SSSR count). The molecule has 13 heavy (non-hydrogen) atoms. The van der Waals surface area contributed by atoms with E-state index in [0.717, 1.165) is 6.54 Å². The van der Waals surface area contributed by atoms with Crippen molar-refractivity contribution in [3.8, 4) is 0 Å². The summed E-state index contributed by atoms with van der Waals surface area (Å²) < 4.78 is 0. The molecular weight excluding hydrogens is 172 g/mol. The number of hydrogen-bond donors (Lipinski definition) is 2. The van der Waals surface area contributed by atoms with E-state index in [1.165, 1.54) is 0 Å². The Bertz CT molecular complexity index is 252. The van der Waals surface area contributed by atoms with Crippen molar-refractivity contribution in [2.75, 3.05) is 13.1 Å². The van der Waals surface area contributed by atoms with E-state index in [-0.39, 0.29) is 13.0 Å². The maximum Gasteiger partial charge on any atom is 0.308 e. The zero-order valence-corrected chi connectivity index (χ0v) is 7.82. The Kier molecular flexibility index (Phi) is 2.56. The molecule has 0 amide bonds. The number of rotatable bonds is 3. The molecule has 1 unspecified atom stereocenters. The van der Waals surface area contributed by atoms with Crippen LogP contribution in [0.4, 0.5) is 0 Å². The number of aliphatic imine (C=N–C) groups is 1. The smallest absolute Gasteiger partial charge is 0.308 e. The third kappa shape index (κ3) is 2.18. The minimum Gasteiger partial charge on any atom is -0.481 e. The van der Waals surface area contributed by atoms with Crippen LogP contribution >= 0.6 is 0 Å². The molecule has 0 aromatic heterocycles. The number of amidine groups is 1. The summed E-state index contributed by atoms with van der Waals surface area (Å²) in [7, 11) is 0. The Morgan fingerprint density at radius 3 is 2.77 bits per heavy atom. The van der Waals surface area contributed by atoms with Crippen molar-refractivity contribution in [1.29, 1.82) is 0 Å². The zero-order valence-electron chi connectivity index (χ0n) is 7.82.